The molecule has 84 valence electrons. The maximum absolute atomic E-state index is 10.6. The molecular formula is C12H12O4. The fourth-order valence-electron chi connectivity index (χ4n) is 1.68. The summed E-state index contributed by atoms with van der Waals surface area (Å²) in [6.07, 6.45) is -0.0944. The van der Waals surface area contributed by atoms with Gasteiger partial charge in [-0.05, 0) is 30.7 Å². The normalized spacial score (nSPS) is 10.6. The summed E-state index contributed by atoms with van der Waals surface area (Å²) in [6, 6.07) is 5.42. The molecule has 4 nitrogen and oxygen atoms in total. The highest BCUT2D eigenvalue weighted by molar-refractivity contribution is 5.85. The van der Waals surface area contributed by atoms with Gasteiger partial charge in [0.1, 0.15) is 23.5 Å². The van der Waals surface area contributed by atoms with Crippen LogP contribution in [0.25, 0.3) is 11.0 Å². The van der Waals surface area contributed by atoms with E-state index in [0.717, 1.165) is 16.7 Å². The zero-order valence-electron chi connectivity index (χ0n) is 9.11. The molecule has 1 heterocycles. The molecule has 0 amide bonds. The first-order valence-electron chi connectivity index (χ1n) is 4.89. The Labute approximate surface area is 92.4 Å². The van der Waals surface area contributed by atoms with E-state index in [9.17, 15) is 4.79 Å². The maximum atomic E-state index is 10.6. The molecular weight excluding hydrogens is 208 g/mol. The Hall–Kier alpha value is -1.97. The Balaban J connectivity index is 2.54. The first-order chi connectivity index (χ1) is 7.61. The van der Waals surface area contributed by atoms with Gasteiger partial charge in [0.25, 0.3) is 0 Å². The second-order valence-electron chi connectivity index (χ2n) is 3.58. The predicted octanol–water partition coefficient (Wildman–Crippen LogP) is 2.38. The Morgan fingerprint density at radius 2 is 2.25 bits per heavy atom. The van der Waals surface area contributed by atoms with Crippen LogP contribution in [0.3, 0.4) is 0 Å². The number of aliphatic carboxylic acids is 1. The molecule has 0 fully saturated rings. The van der Waals surface area contributed by atoms with Gasteiger partial charge in [0.05, 0.1) is 7.11 Å². The number of methoxy groups -OCH3 is 1. The van der Waals surface area contributed by atoms with E-state index in [2.05, 4.69) is 0 Å². The number of carboxylic acid groups (broad SMARTS) is 1. The third-order valence-electron chi connectivity index (χ3n) is 2.55. The lowest BCUT2D eigenvalue weighted by atomic mass is 10.1. The third-order valence-corrected chi connectivity index (χ3v) is 2.55. The molecule has 2 rings (SSSR count). The number of furan rings is 1. The molecule has 0 radical (unpaired) electrons. The van der Waals surface area contributed by atoms with E-state index in [4.69, 9.17) is 14.3 Å². The average Bonchev–Trinajstić information content (AvgIpc) is 2.55. The first-order valence-corrected chi connectivity index (χ1v) is 4.89. The second-order valence-corrected chi connectivity index (χ2v) is 3.58. The van der Waals surface area contributed by atoms with Crippen LogP contribution < -0.4 is 4.74 Å². The Kier molecular flexibility index (Phi) is 2.56. The number of hydrogen-bond acceptors (Lipinski definition) is 3. The van der Waals surface area contributed by atoms with Gasteiger partial charge >= 0.3 is 5.97 Å². The minimum Gasteiger partial charge on any atom is -0.497 e. The van der Waals surface area contributed by atoms with E-state index in [1.54, 1.807) is 19.2 Å². The van der Waals surface area contributed by atoms with Crippen LogP contribution in [0, 0.1) is 6.92 Å². The van der Waals surface area contributed by atoms with E-state index in [1.165, 1.54) is 0 Å². The molecule has 0 atom stereocenters. The number of aryl methyl sites for hydroxylation is 1. The van der Waals surface area contributed by atoms with Crippen LogP contribution in [-0.4, -0.2) is 18.2 Å². The van der Waals surface area contributed by atoms with Gasteiger partial charge in [-0.1, -0.05) is 0 Å². The van der Waals surface area contributed by atoms with Crippen molar-refractivity contribution in [1.82, 2.24) is 0 Å². The van der Waals surface area contributed by atoms with Crippen LogP contribution in [0.15, 0.2) is 22.6 Å². The maximum Gasteiger partial charge on any atom is 0.311 e. The first kappa shape index (κ1) is 10.5. The molecule has 0 aliphatic heterocycles. The van der Waals surface area contributed by atoms with Gasteiger partial charge in [-0.2, -0.15) is 0 Å². The van der Waals surface area contributed by atoms with Gasteiger partial charge in [-0.3, -0.25) is 4.79 Å². The Bertz CT molecular complexity index is 539. The molecule has 1 aromatic carbocycles. The lowest BCUT2D eigenvalue weighted by Gasteiger charge is -1.97. The molecule has 0 bridgehead atoms. The fourth-order valence-corrected chi connectivity index (χ4v) is 1.68. The molecule has 0 spiro atoms. The second kappa shape index (κ2) is 3.89. The summed E-state index contributed by atoms with van der Waals surface area (Å²) < 4.78 is 10.6. The number of fused-ring (bicyclic) bond motifs is 1. The van der Waals surface area contributed by atoms with Crippen molar-refractivity contribution >= 4 is 16.9 Å². The van der Waals surface area contributed by atoms with E-state index >= 15 is 0 Å². The van der Waals surface area contributed by atoms with Crippen molar-refractivity contribution in [1.29, 1.82) is 0 Å². The average molecular weight is 220 g/mol. The van der Waals surface area contributed by atoms with Gasteiger partial charge in [-0.15, -0.1) is 0 Å². The summed E-state index contributed by atoms with van der Waals surface area (Å²) in [6.45, 7) is 1.85. The fraction of sp³-hybridized carbons (Fsp3) is 0.250. The number of benzene rings is 1. The minimum absolute atomic E-state index is 0.0944. The van der Waals surface area contributed by atoms with Gasteiger partial charge in [0.15, 0.2) is 0 Å². The highest BCUT2D eigenvalue weighted by atomic mass is 16.5. The zero-order valence-corrected chi connectivity index (χ0v) is 9.11. The number of carbonyl (C=O) groups is 1. The topological polar surface area (TPSA) is 59.7 Å². The molecule has 0 saturated heterocycles. The lowest BCUT2D eigenvalue weighted by Crippen LogP contribution is -1.99. The predicted molar refractivity (Wildman–Crippen MR) is 58.8 cm³/mol. The Morgan fingerprint density at radius 1 is 1.50 bits per heavy atom. The van der Waals surface area contributed by atoms with Crippen molar-refractivity contribution in [3.63, 3.8) is 0 Å². The smallest absolute Gasteiger partial charge is 0.311 e. The van der Waals surface area contributed by atoms with Crippen LogP contribution in [-0.2, 0) is 11.2 Å². The van der Waals surface area contributed by atoms with Gasteiger partial charge in [0, 0.05) is 5.39 Å². The highest BCUT2D eigenvalue weighted by Gasteiger charge is 2.13. The molecule has 1 N–H and O–H groups in total. The summed E-state index contributed by atoms with van der Waals surface area (Å²) >= 11 is 0. The molecule has 0 aliphatic carbocycles. The summed E-state index contributed by atoms with van der Waals surface area (Å²) in [5.74, 6) is 0.336. The standard InChI is InChI=1S/C12H12O4/c1-7-9-5-8(15-2)3-4-10(9)16-11(7)6-12(13)14/h3-5H,6H2,1-2H3,(H,13,14). The van der Waals surface area contributed by atoms with Crippen molar-refractivity contribution in [3.05, 3.63) is 29.5 Å². The van der Waals surface area contributed by atoms with Gasteiger partial charge in [-0.25, -0.2) is 0 Å². The molecule has 16 heavy (non-hydrogen) atoms. The summed E-state index contributed by atoms with van der Waals surface area (Å²) in [7, 11) is 1.59. The van der Waals surface area contributed by atoms with Crippen molar-refractivity contribution in [2.75, 3.05) is 7.11 Å². The molecule has 4 heteroatoms. The van der Waals surface area contributed by atoms with Crippen LogP contribution in [0.2, 0.25) is 0 Å². The van der Waals surface area contributed by atoms with E-state index in [1.807, 2.05) is 13.0 Å². The van der Waals surface area contributed by atoms with Crippen molar-refractivity contribution in [2.24, 2.45) is 0 Å². The van der Waals surface area contributed by atoms with Gasteiger partial charge < -0.3 is 14.3 Å². The molecule has 1 aromatic heterocycles. The zero-order chi connectivity index (χ0) is 11.7. The molecule has 0 unspecified atom stereocenters. The molecule has 2 aromatic rings. The summed E-state index contributed by atoms with van der Waals surface area (Å²) in [5.41, 5.74) is 1.55. The third kappa shape index (κ3) is 1.74. The van der Waals surface area contributed by atoms with E-state index in [-0.39, 0.29) is 6.42 Å². The van der Waals surface area contributed by atoms with Crippen LogP contribution in [0.1, 0.15) is 11.3 Å². The quantitative estimate of drug-likeness (QED) is 0.862. The van der Waals surface area contributed by atoms with Gasteiger partial charge in [0.2, 0.25) is 0 Å². The SMILES string of the molecule is COc1ccc2oc(CC(=O)O)c(C)c2c1. The Morgan fingerprint density at radius 3 is 2.88 bits per heavy atom. The summed E-state index contributed by atoms with van der Waals surface area (Å²) in [5, 5.41) is 9.63. The van der Waals surface area contributed by atoms with Crippen molar-refractivity contribution in [2.45, 2.75) is 13.3 Å². The van der Waals surface area contributed by atoms with Crippen molar-refractivity contribution in [3.8, 4) is 5.75 Å². The summed E-state index contributed by atoms with van der Waals surface area (Å²) in [4.78, 5) is 10.6. The highest BCUT2D eigenvalue weighted by Crippen LogP contribution is 2.28. The molecule has 0 aliphatic rings. The van der Waals surface area contributed by atoms with E-state index in [0.29, 0.717) is 11.3 Å². The minimum atomic E-state index is -0.894. The van der Waals surface area contributed by atoms with E-state index < -0.39 is 5.97 Å². The van der Waals surface area contributed by atoms with Crippen LogP contribution in [0.4, 0.5) is 0 Å². The number of ether oxygens (including phenoxy) is 1. The largest absolute Gasteiger partial charge is 0.497 e. The van der Waals surface area contributed by atoms with Crippen LogP contribution in [0.5, 0.6) is 5.75 Å². The monoisotopic (exact) mass is 220 g/mol. The van der Waals surface area contributed by atoms with Crippen LogP contribution >= 0.6 is 0 Å². The molecule has 0 saturated carbocycles. The number of hydrogen-bond donors (Lipinski definition) is 1. The lowest BCUT2D eigenvalue weighted by molar-refractivity contribution is -0.136. The number of carboxylic acids is 1. The number of rotatable bonds is 3. The van der Waals surface area contributed by atoms with Crippen molar-refractivity contribution < 1.29 is 19.1 Å².